The van der Waals surface area contributed by atoms with Crippen LogP contribution in [0.25, 0.3) is 11.3 Å². The van der Waals surface area contributed by atoms with Crippen molar-refractivity contribution in [1.82, 2.24) is 14.9 Å². The smallest absolute Gasteiger partial charge is 0.336 e. The van der Waals surface area contributed by atoms with E-state index in [1.165, 1.54) is 0 Å². The van der Waals surface area contributed by atoms with Crippen LogP contribution in [0.2, 0.25) is 0 Å². The van der Waals surface area contributed by atoms with Crippen LogP contribution in [0, 0.1) is 5.92 Å². The Morgan fingerprint density at radius 2 is 2.20 bits per heavy atom. The molecule has 6 nitrogen and oxygen atoms in total. The van der Waals surface area contributed by atoms with Crippen molar-refractivity contribution in [2.75, 3.05) is 33.4 Å². The third-order valence-corrected chi connectivity index (χ3v) is 4.60. The van der Waals surface area contributed by atoms with Gasteiger partial charge in [0.15, 0.2) is 0 Å². The molecule has 0 radical (unpaired) electrons. The second-order valence-electron chi connectivity index (χ2n) is 6.40. The van der Waals surface area contributed by atoms with Gasteiger partial charge in [-0.2, -0.15) is 0 Å². The van der Waals surface area contributed by atoms with Crippen LogP contribution in [0.15, 0.2) is 36.7 Å². The first-order valence-electron chi connectivity index (χ1n) is 8.52. The number of hydrogen-bond donors (Lipinski definition) is 1. The van der Waals surface area contributed by atoms with Gasteiger partial charge in [0.05, 0.1) is 29.8 Å². The van der Waals surface area contributed by atoms with Crippen molar-refractivity contribution in [3.05, 3.63) is 47.9 Å². The van der Waals surface area contributed by atoms with Crippen LogP contribution < -0.4 is 0 Å². The summed E-state index contributed by atoms with van der Waals surface area (Å²) in [6.07, 6.45) is 5.41. The predicted octanol–water partition coefficient (Wildman–Crippen LogP) is 2.35. The molecule has 1 aliphatic rings. The van der Waals surface area contributed by atoms with Crippen molar-refractivity contribution in [2.45, 2.75) is 12.8 Å². The molecule has 0 saturated carbocycles. The standard InChI is InChI=1S/C19H23N3O3/c1-25-9-8-22-7-6-14(13-22)10-15-11-20-12-18(21-15)16-4-2-3-5-17(16)19(23)24/h2-5,11-12,14H,6-10,13H2,1H3,(H,23,24)/t14-/m1/s1. The van der Waals surface area contributed by atoms with Gasteiger partial charge in [0.2, 0.25) is 0 Å². The number of carboxylic acid groups (broad SMARTS) is 1. The average Bonchev–Trinajstić information content (AvgIpc) is 3.07. The monoisotopic (exact) mass is 341 g/mol. The van der Waals surface area contributed by atoms with Crippen LogP contribution in [0.5, 0.6) is 0 Å². The largest absolute Gasteiger partial charge is 0.478 e. The van der Waals surface area contributed by atoms with E-state index in [1.54, 1.807) is 37.7 Å². The van der Waals surface area contributed by atoms with Gasteiger partial charge in [-0.25, -0.2) is 9.78 Å². The minimum atomic E-state index is -0.951. The third kappa shape index (κ3) is 4.41. The zero-order valence-electron chi connectivity index (χ0n) is 14.4. The maximum atomic E-state index is 11.4. The van der Waals surface area contributed by atoms with Crippen molar-refractivity contribution in [3.8, 4) is 11.3 Å². The quantitative estimate of drug-likeness (QED) is 0.833. The van der Waals surface area contributed by atoms with Gasteiger partial charge in [0.25, 0.3) is 0 Å². The Hall–Kier alpha value is -2.31. The normalized spacial score (nSPS) is 17.7. The molecule has 132 valence electrons. The van der Waals surface area contributed by atoms with Crippen LogP contribution in [0.3, 0.4) is 0 Å². The number of carbonyl (C=O) groups is 1. The Balaban J connectivity index is 1.72. The number of likely N-dealkylation sites (tertiary alicyclic amines) is 1. The number of aromatic nitrogens is 2. The second kappa shape index (κ2) is 8.18. The SMILES string of the molecule is COCCN1CC[C@H](Cc2cncc(-c3ccccc3C(=O)O)n2)C1. The number of methoxy groups -OCH3 is 1. The third-order valence-electron chi connectivity index (χ3n) is 4.60. The van der Waals surface area contributed by atoms with E-state index >= 15 is 0 Å². The number of carboxylic acids is 1. The zero-order chi connectivity index (χ0) is 17.6. The Labute approximate surface area is 147 Å². The van der Waals surface area contributed by atoms with Gasteiger partial charge in [0, 0.05) is 32.0 Å². The Morgan fingerprint density at radius 3 is 3.00 bits per heavy atom. The lowest BCUT2D eigenvalue weighted by Gasteiger charge is -2.15. The maximum absolute atomic E-state index is 11.4. The van der Waals surface area contributed by atoms with E-state index in [9.17, 15) is 9.90 Å². The number of benzene rings is 1. The van der Waals surface area contributed by atoms with Crippen LogP contribution in [0.4, 0.5) is 0 Å². The highest BCUT2D eigenvalue weighted by atomic mass is 16.5. The molecule has 1 aliphatic heterocycles. The van der Waals surface area contributed by atoms with Gasteiger partial charge in [0.1, 0.15) is 0 Å². The number of hydrogen-bond acceptors (Lipinski definition) is 5. The van der Waals surface area contributed by atoms with Crippen molar-refractivity contribution >= 4 is 5.97 Å². The minimum Gasteiger partial charge on any atom is -0.478 e. The minimum absolute atomic E-state index is 0.251. The van der Waals surface area contributed by atoms with Gasteiger partial charge in [-0.05, 0) is 31.4 Å². The summed E-state index contributed by atoms with van der Waals surface area (Å²) in [5.74, 6) is -0.400. The van der Waals surface area contributed by atoms with Crippen molar-refractivity contribution < 1.29 is 14.6 Å². The summed E-state index contributed by atoms with van der Waals surface area (Å²) < 4.78 is 5.14. The predicted molar refractivity (Wildman–Crippen MR) is 94.6 cm³/mol. The summed E-state index contributed by atoms with van der Waals surface area (Å²) in [5.41, 5.74) is 2.39. The fourth-order valence-corrected chi connectivity index (χ4v) is 3.33. The second-order valence-corrected chi connectivity index (χ2v) is 6.40. The lowest BCUT2D eigenvalue weighted by atomic mass is 10.0. The molecule has 0 amide bonds. The van der Waals surface area contributed by atoms with Crippen LogP contribution >= 0.6 is 0 Å². The van der Waals surface area contributed by atoms with Gasteiger partial charge in [-0.3, -0.25) is 4.98 Å². The molecule has 0 bridgehead atoms. The lowest BCUT2D eigenvalue weighted by molar-refractivity contribution is 0.0697. The van der Waals surface area contributed by atoms with Gasteiger partial charge in [-0.15, -0.1) is 0 Å². The molecular formula is C19H23N3O3. The molecule has 1 saturated heterocycles. The molecule has 1 fully saturated rings. The van der Waals surface area contributed by atoms with E-state index in [0.717, 1.165) is 44.8 Å². The highest BCUT2D eigenvalue weighted by molar-refractivity contribution is 5.95. The highest BCUT2D eigenvalue weighted by Crippen LogP contribution is 2.24. The summed E-state index contributed by atoms with van der Waals surface area (Å²) in [6, 6.07) is 6.91. The molecule has 25 heavy (non-hydrogen) atoms. The Morgan fingerprint density at radius 1 is 1.36 bits per heavy atom. The Kier molecular flexibility index (Phi) is 5.73. The summed E-state index contributed by atoms with van der Waals surface area (Å²) in [4.78, 5) is 22.8. The first-order valence-corrected chi connectivity index (χ1v) is 8.52. The van der Waals surface area contributed by atoms with E-state index < -0.39 is 5.97 Å². The maximum Gasteiger partial charge on any atom is 0.336 e. The summed E-state index contributed by atoms with van der Waals surface area (Å²) in [7, 11) is 1.73. The topological polar surface area (TPSA) is 75.5 Å². The molecule has 0 aliphatic carbocycles. The van der Waals surface area contributed by atoms with Gasteiger partial charge < -0.3 is 14.7 Å². The number of ether oxygens (including phenoxy) is 1. The average molecular weight is 341 g/mol. The van der Waals surface area contributed by atoms with Crippen molar-refractivity contribution in [3.63, 3.8) is 0 Å². The molecule has 1 atom stereocenters. The van der Waals surface area contributed by atoms with Crippen LogP contribution in [-0.2, 0) is 11.2 Å². The van der Waals surface area contributed by atoms with E-state index in [4.69, 9.17) is 4.74 Å². The summed E-state index contributed by atoms with van der Waals surface area (Å²) in [5, 5.41) is 9.36. The zero-order valence-corrected chi connectivity index (χ0v) is 14.4. The molecule has 1 aromatic carbocycles. The number of nitrogens with zero attached hydrogens (tertiary/aromatic N) is 3. The van der Waals surface area contributed by atoms with Gasteiger partial charge in [-0.1, -0.05) is 18.2 Å². The molecule has 2 aromatic rings. The molecule has 2 heterocycles. The molecule has 1 aromatic heterocycles. The number of rotatable bonds is 7. The van der Waals surface area contributed by atoms with E-state index in [-0.39, 0.29) is 5.56 Å². The first kappa shape index (κ1) is 17.5. The van der Waals surface area contributed by atoms with E-state index in [1.807, 2.05) is 6.07 Å². The highest BCUT2D eigenvalue weighted by Gasteiger charge is 2.23. The fourth-order valence-electron chi connectivity index (χ4n) is 3.33. The fraction of sp³-hybridized carbons (Fsp3) is 0.421. The lowest BCUT2D eigenvalue weighted by Crippen LogP contribution is -2.25. The van der Waals surface area contributed by atoms with E-state index in [0.29, 0.717) is 17.2 Å². The molecule has 3 rings (SSSR count). The molecule has 0 unspecified atom stereocenters. The first-order chi connectivity index (χ1) is 12.2. The van der Waals surface area contributed by atoms with Crippen molar-refractivity contribution in [1.29, 1.82) is 0 Å². The van der Waals surface area contributed by atoms with Gasteiger partial charge >= 0.3 is 5.97 Å². The molecular weight excluding hydrogens is 318 g/mol. The van der Waals surface area contributed by atoms with Crippen LogP contribution in [0.1, 0.15) is 22.5 Å². The summed E-state index contributed by atoms with van der Waals surface area (Å²) in [6.45, 7) is 3.85. The van der Waals surface area contributed by atoms with Crippen LogP contribution in [-0.4, -0.2) is 59.3 Å². The summed E-state index contributed by atoms with van der Waals surface area (Å²) >= 11 is 0. The van der Waals surface area contributed by atoms with Crippen molar-refractivity contribution in [2.24, 2.45) is 5.92 Å². The Bertz CT molecular complexity index is 735. The number of aromatic carboxylic acids is 1. The van der Waals surface area contributed by atoms with E-state index in [2.05, 4.69) is 14.9 Å². The molecule has 0 spiro atoms. The molecule has 1 N–H and O–H groups in total. The molecule has 6 heteroatoms.